The second-order valence-electron chi connectivity index (χ2n) is 9.29. The average molecular weight is 427 g/mol. The van der Waals surface area contributed by atoms with Crippen LogP contribution < -0.4 is 0 Å². The summed E-state index contributed by atoms with van der Waals surface area (Å²) in [6, 6.07) is 6.24. The SMILES string of the molecule is CCC[C@H]1CC[C@H](CC[SiH]2CCC(c3cc(F)c(C(F)=CF)c(F)c3)CC2)CC1. The molecule has 1 aliphatic heterocycles. The Kier molecular flexibility index (Phi) is 8.40. The van der Waals surface area contributed by atoms with Crippen molar-refractivity contribution < 1.29 is 17.6 Å². The molecule has 1 aromatic carbocycles. The fourth-order valence-electron chi connectivity index (χ4n) is 5.58. The van der Waals surface area contributed by atoms with Crippen molar-refractivity contribution in [2.75, 3.05) is 0 Å². The van der Waals surface area contributed by atoms with E-state index in [1.165, 1.54) is 75.2 Å². The van der Waals surface area contributed by atoms with E-state index in [0.29, 0.717) is 5.56 Å². The monoisotopic (exact) mass is 426 g/mol. The van der Waals surface area contributed by atoms with E-state index < -0.39 is 38.2 Å². The van der Waals surface area contributed by atoms with Crippen molar-refractivity contribution in [2.24, 2.45) is 11.8 Å². The molecular weight excluding hydrogens is 392 g/mol. The number of benzene rings is 1. The van der Waals surface area contributed by atoms with Gasteiger partial charge in [0.15, 0.2) is 5.83 Å². The van der Waals surface area contributed by atoms with Gasteiger partial charge in [0.2, 0.25) is 0 Å². The van der Waals surface area contributed by atoms with Gasteiger partial charge in [-0.05, 0) is 48.3 Å². The van der Waals surface area contributed by atoms with Gasteiger partial charge in [0.05, 0.1) is 5.56 Å². The summed E-state index contributed by atoms with van der Waals surface area (Å²) < 4.78 is 53.9. The molecule has 3 rings (SSSR count). The zero-order valence-electron chi connectivity index (χ0n) is 17.5. The standard InChI is InChI=1S/C24H34F4Si/c1-2-3-17-4-6-18(7-5-17)8-11-29-12-9-19(10-13-29)20-14-21(26)24(22(27)15-20)23(28)16-25/h14-19,29H,2-13H2,1H3/t17-,18-,19?,29?. The highest BCUT2D eigenvalue weighted by atomic mass is 28.3. The number of hydrogen-bond donors (Lipinski definition) is 0. The van der Waals surface area contributed by atoms with Crippen molar-refractivity contribution in [1.29, 1.82) is 0 Å². The van der Waals surface area contributed by atoms with Crippen LogP contribution in [0.1, 0.15) is 81.8 Å². The van der Waals surface area contributed by atoms with Gasteiger partial charge in [-0.3, -0.25) is 0 Å². The summed E-state index contributed by atoms with van der Waals surface area (Å²) >= 11 is 0. The Labute approximate surface area is 174 Å². The maximum Gasteiger partial charge on any atom is 0.164 e. The van der Waals surface area contributed by atoms with Crippen molar-refractivity contribution in [2.45, 2.75) is 88.8 Å². The number of rotatable bonds is 7. The van der Waals surface area contributed by atoms with Gasteiger partial charge < -0.3 is 0 Å². The molecule has 2 aliphatic rings. The average Bonchev–Trinajstić information content (AvgIpc) is 2.73. The zero-order chi connectivity index (χ0) is 20.8. The lowest BCUT2D eigenvalue weighted by Gasteiger charge is -2.31. The minimum absolute atomic E-state index is 0.138. The largest absolute Gasteiger partial charge is 0.212 e. The van der Waals surface area contributed by atoms with Crippen LogP contribution in [0.3, 0.4) is 0 Å². The van der Waals surface area contributed by atoms with Crippen molar-refractivity contribution in [1.82, 2.24) is 0 Å². The van der Waals surface area contributed by atoms with E-state index in [0.717, 1.165) is 24.7 Å². The van der Waals surface area contributed by atoms with Crippen LogP contribution in [0.5, 0.6) is 0 Å². The first-order valence-corrected chi connectivity index (χ1v) is 13.9. The van der Waals surface area contributed by atoms with E-state index in [1.54, 1.807) is 0 Å². The first kappa shape index (κ1) is 22.6. The zero-order valence-corrected chi connectivity index (χ0v) is 18.7. The van der Waals surface area contributed by atoms with Crippen LogP contribution in [-0.2, 0) is 0 Å². The molecule has 0 atom stereocenters. The Bertz CT molecular complexity index is 663. The highest BCUT2D eigenvalue weighted by molar-refractivity contribution is 6.59. The lowest BCUT2D eigenvalue weighted by Crippen LogP contribution is -2.22. The summed E-state index contributed by atoms with van der Waals surface area (Å²) in [5.41, 5.74) is -0.301. The first-order chi connectivity index (χ1) is 14.0. The van der Waals surface area contributed by atoms with E-state index >= 15 is 0 Å². The van der Waals surface area contributed by atoms with Gasteiger partial charge in [-0.1, -0.05) is 70.0 Å². The van der Waals surface area contributed by atoms with Crippen molar-refractivity contribution in [3.63, 3.8) is 0 Å². The molecule has 1 heterocycles. The van der Waals surface area contributed by atoms with E-state index in [-0.39, 0.29) is 5.92 Å². The lowest BCUT2D eigenvalue weighted by molar-refractivity contribution is 0.257. The normalized spacial score (nSPS) is 28.5. The molecule has 1 saturated heterocycles. The maximum absolute atomic E-state index is 14.1. The molecule has 0 radical (unpaired) electrons. The first-order valence-electron chi connectivity index (χ1n) is 11.5. The predicted molar refractivity (Wildman–Crippen MR) is 115 cm³/mol. The smallest absolute Gasteiger partial charge is 0.164 e. The fourth-order valence-corrected chi connectivity index (χ4v) is 9.14. The topological polar surface area (TPSA) is 0 Å². The van der Waals surface area contributed by atoms with Crippen LogP contribution in [-0.4, -0.2) is 8.80 Å². The third-order valence-corrected chi connectivity index (χ3v) is 10.8. The van der Waals surface area contributed by atoms with Crippen molar-refractivity contribution >= 4 is 14.6 Å². The van der Waals surface area contributed by atoms with Gasteiger partial charge >= 0.3 is 0 Å². The van der Waals surface area contributed by atoms with Crippen LogP contribution in [0.15, 0.2) is 18.5 Å². The molecule has 0 N–H and O–H groups in total. The summed E-state index contributed by atoms with van der Waals surface area (Å²) in [4.78, 5) is 0. The molecule has 0 unspecified atom stereocenters. The lowest BCUT2D eigenvalue weighted by atomic mass is 9.79. The van der Waals surface area contributed by atoms with Crippen LogP contribution in [0.4, 0.5) is 17.6 Å². The Morgan fingerprint density at radius 1 is 0.966 bits per heavy atom. The molecule has 0 spiro atoms. The Morgan fingerprint density at radius 3 is 2.03 bits per heavy atom. The second kappa shape index (κ2) is 10.8. The van der Waals surface area contributed by atoms with Crippen LogP contribution in [0.25, 0.3) is 5.83 Å². The van der Waals surface area contributed by atoms with Gasteiger partial charge in [-0.15, -0.1) is 0 Å². The third kappa shape index (κ3) is 5.96. The van der Waals surface area contributed by atoms with E-state index in [2.05, 4.69) is 6.92 Å². The molecule has 0 aromatic heterocycles. The molecule has 0 nitrogen and oxygen atoms in total. The molecule has 1 saturated carbocycles. The molecule has 162 valence electrons. The third-order valence-electron chi connectivity index (χ3n) is 7.36. The van der Waals surface area contributed by atoms with E-state index in [9.17, 15) is 17.6 Å². The van der Waals surface area contributed by atoms with Crippen LogP contribution in [0, 0.1) is 23.5 Å². The molecular formula is C24H34F4Si. The molecule has 1 aromatic rings. The minimum Gasteiger partial charge on any atom is -0.212 e. The maximum atomic E-state index is 14.1. The molecule has 0 bridgehead atoms. The quantitative estimate of drug-likeness (QED) is 0.304. The van der Waals surface area contributed by atoms with Crippen LogP contribution in [0.2, 0.25) is 18.1 Å². The molecule has 0 amide bonds. The summed E-state index contributed by atoms with van der Waals surface area (Å²) in [7, 11) is -0.750. The molecule has 2 fully saturated rings. The van der Waals surface area contributed by atoms with E-state index in [1.807, 2.05) is 0 Å². The van der Waals surface area contributed by atoms with Crippen molar-refractivity contribution in [3.05, 3.63) is 41.2 Å². The summed E-state index contributed by atoms with van der Waals surface area (Å²) in [5, 5.41) is 0. The van der Waals surface area contributed by atoms with Crippen molar-refractivity contribution in [3.8, 4) is 0 Å². The summed E-state index contributed by atoms with van der Waals surface area (Å²) in [6.07, 6.45) is 11.3. The van der Waals surface area contributed by atoms with Gasteiger partial charge in [0.1, 0.15) is 18.0 Å². The molecule has 1 aliphatic carbocycles. The van der Waals surface area contributed by atoms with Gasteiger partial charge in [0.25, 0.3) is 0 Å². The molecule has 5 heteroatoms. The highest BCUT2D eigenvalue weighted by Gasteiger charge is 2.27. The summed E-state index contributed by atoms with van der Waals surface area (Å²) in [5.74, 6) is -1.49. The minimum atomic E-state index is -1.49. The number of hydrogen-bond acceptors (Lipinski definition) is 0. The fraction of sp³-hybridized carbons (Fsp3) is 0.667. The number of halogens is 4. The summed E-state index contributed by atoms with van der Waals surface area (Å²) in [6.45, 7) is 2.28. The van der Waals surface area contributed by atoms with Gasteiger partial charge in [-0.2, -0.15) is 0 Å². The highest BCUT2D eigenvalue weighted by Crippen LogP contribution is 2.39. The van der Waals surface area contributed by atoms with Gasteiger partial charge in [0, 0.05) is 8.80 Å². The van der Waals surface area contributed by atoms with E-state index in [4.69, 9.17) is 0 Å². The Hall–Kier alpha value is -1.10. The van der Waals surface area contributed by atoms with Crippen LogP contribution >= 0.6 is 0 Å². The second-order valence-corrected chi connectivity index (χ2v) is 12.8. The van der Waals surface area contributed by atoms with Gasteiger partial charge in [-0.25, -0.2) is 17.6 Å². The Balaban J connectivity index is 1.46. The Morgan fingerprint density at radius 2 is 1.52 bits per heavy atom. The predicted octanol–water partition coefficient (Wildman–Crippen LogP) is 8.30. The molecule has 29 heavy (non-hydrogen) atoms.